The van der Waals surface area contributed by atoms with Crippen LogP contribution in [0.15, 0.2) is 17.7 Å². The summed E-state index contributed by atoms with van der Waals surface area (Å²) >= 11 is 0. The van der Waals surface area contributed by atoms with Crippen LogP contribution in [0.2, 0.25) is 0 Å². The number of unbranched alkanes of at least 4 members (excludes halogenated alkanes) is 2. The van der Waals surface area contributed by atoms with E-state index in [1.54, 1.807) is 0 Å². The number of hydrogen-bond donors (Lipinski definition) is 0. The third-order valence-electron chi connectivity index (χ3n) is 5.35. The highest BCUT2D eigenvalue weighted by Gasteiger charge is 2.21. The molecule has 0 bridgehead atoms. The number of hydrogen-bond acceptors (Lipinski definition) is 4. The van der Waals surface area contributed by atoms with Crippen LogP contribution in [0.5, 0.6) is 11.5 Å². The summed E-state index contributed by atoms with van der Waals surface area (Å²) in [5.41, 5.74) is 4.15. The zero-order chi connectivity index (χ0) is 18.9. The maximum absolute atomic E-state index is 6.21. The Labute approximate surface area is 164 Å². The van der Waals surface area contributed by atoms with Crippen LogP contribution in [0.3, 0.4) is 0 Å². The fourth-order valence-corrected chi connectivity index (χ4v) is 3.68. The van der Waals surface area contributed by atoms with Gasteiger partial charge < -0.3 is 14.2 Å². The van der Waals surface area contributed by atoms with Crippen LogP contribution in [-0.2, 0) is 11.2 Å². The molecular formula is C23H35NO3. The van der Waals surface area contributed by atoms with Gasteiger partial charge in [0.25, 0.3) is 0 Å². The van der Waals surface area contributed by atoms with E-state index in [0.29, 0.717) is 0 Å². The largest absolute Gasteiger partial charge is 0.490 e. The monoisotopic (exact) mass is 373 g/mol. The zero-order valence-electron chi connectivity index (χ0n) is 17.1. The van der Waals surface area contributed by atoms with Crippen molar-refractivity contribution in [1.29, 1.82) is 0 Å². The molecule has 0 N–H and O–H groups in total. The first-order valence-corrected chi connectivity index (χ1v) is 10.7. The van der Waals surface area contributed by atoms with Gasteiger partial charge in [0.2, 0.25) is 0 Å². The molecule has 0 spiro atoms. The lowest BCUT2D eigenvalue weighted by Gasteiger charge is -2.29. The number of fused-ring (bicyclic) bond motifs is 1. The third-order valence-corrected chi connectivity index (χ3v) is 5.35. The van der Waals surface area contributed by atoms with Crippen LogP contribution in [0.25, 0.3) is 6.08 Å². The van der Waals surface area contributed by atoms with E-state index in [0.717, 1.165) is 96.1 Å². The Hall–Kier alpha value is -1.52. The van der Waals surface area contributed by atoms with Crippen molar-refractivity contribution in [2.24, 2.45) is 0 Å². The summed E-state index contributed by atoms with van der Waals surface area (Å²) in [5, 5.41) is 0. The molecule has 0 unspecified atom stereocenters. The summed E-state index contributed by atoms with van der Waals surface area (Å²) in [6.45, 7) is 10.8. The molecule has 2 aliphatic rings. The second kappa shape index (κ2) is 10.7. The molecule has 1 aliphatic heterocycles. The molecule has 0 radical (unpaired) electrons. The van der Waals surface area contributed by atoms with Gasteiger partial charge >= 0.3 is 0 Å². The van der Waals surface area contributed by atoms with Gasteiger partial charge in [-0.05, 0) is 37.3 Å². The quantitative estimate of drug-likeness (QED) is 0.556. The molecule has 0 atom stereocenters. The predicted octanol–water partition coefficient (Wildman–Crippen LogP) is 4.71. The van der Waals surface area contributed by atoms with Crippen LogP contribution >= 0.6 is 0 Å². The maximum atomic E-state index is 6.21. The highest BCUT2D eigenvalue weighted by atomic mass is 16.5. The summed E-state index contributed by atoms with van der Waals surface area (Å²) in [6.07, 6.45) is 8.96. The number of ether oxygens (including phenoxy) is 3. The molecule has 3 rings (SSSR count). The summed E-state index contributed by atoms with van der Waals surface area (Å²) in [4.78, 5) is 2.50. The van der Waals surface area contributed by atoms with Crippen molar-refractivity contribution in [3.8, 4) is 11.5 Å². The van der Waals surface area contributed by atoms with Crippen molar-refractivity contribution in [3.05, 3.63) is 28.8 Å². The first kappa shape index (κ1) is 20.2. The summed E-state index contributed by atoms with van der Waals surface area (Å²) < 4.78 is 17.7. The molecule has 1 heterocycles. The summed E-state index contributed by atoms with van der Waals surface area (Å²) in [5.74, 6) is 1.90. The predicted molar refractivity (Wildman–Crippen MR) is 111 cm³/mol. The standard InChI is InChI=1S/C23H35NO3/c1-3-5-13-26-22-10-8-20-17-19(18-24-11-15-25-16-12-24)7-9-21(20)23(22)27-14-6-4-2/h8,10,17H,3-7,9,11-16,18H2,1-2H3. The van der Waals surface area contributed by atoms with Crippen LogP contribution < -0.4 is 9.47 Å². The molecular weight excluding hydrogens is 338 g/mol. The lowest BCUT2D eigenvalue weighted by Crippen LogP contribution is -2.37. The zero-order valence-corrected chi connectivity index (χ0v) is 17.1. The lowest BCUT2D eigenvalue weighted by atomic mass is 9.90. The van der Waals surface area contributed by atoms with Gasteiger partial charge in [-0.15, -0.1) is 0 Å². The van der Waals surface area contributed by atoms with Gasteiger partial charge in [-0.2, -0.15) is 0 Å². The molecule has 27 heavy (non-hydrogen) atoms. The molecule has 0 aromatic heterocycles. The van der Waals surface area contributed by atoms with Crippen LogP contribution in [0.4, 0.5) is 0 Å². The van der Waals surface area contributed by atoms with E-state index in [1.165, 1.54) is 16.7 Å². The minimum atomic E-state index is 0.761. The van der Waals surface area contributed by atoms with E-state index in [2.05, 4.69) is 37.0 Å². The lowest BCUT2D eigenvalue weighted by molar-refractivity contribution is 0.0420. The van der Waals surface area contributed by atoms with Crippen LogP contribution in [-0.4, -0.2) is 51.0 Å². The van der Waals surface area contributed by atoms with Crippen molar-refractivity contribution < 1.29 is 14.2 Å². The number of morpholine rings is 1. The van der Waals surface area contributed by atoms with E-state index >= 15 is 0 Å². The Morgan fingerprint density at radius 3 is 2.44 bits per heavy atom. The normalized spacial score (nSPS) is 17.3. The van der Waals surface area contributed by atoms with Crippen molar-refractivity contribution in [1.82, 2.24) is 4.90 Å². The van der Waals surface area contributed by atoms with E-state index in [-0.39, 0.29) is 0 Å². The van der Waals surface area contributed by atoms with Gasteiger partial charge in [0, 0.05) is 25.2 Å². The van der Waals surface area contributed by atoms with Crippen molar-refractivity contribution in [2.75, 3.05) is 46.1 Å². The Bertz CT molecular complexity index is 620. The van der Waals surface area contributed by atoms with Gasteiger partial charge in [-0.1, -0.05) is 44.4 Å². The summed E-state index contributed by atoms with van der Waals surface area (Å²) in [6, 6.07) is 4.31. The average Bonchev–Trinajstić information content (AvgIpc) is 2.70. The molecule has 4 nitrogen and oxygen atoms in total. The molecule has 1 aromatic rings. The van der Waals surface area contributed by atoms with Crippen LogP contribution in [0.1, 0.15) is 57.1 Å². The van der Waals surface area contributed by atoms with Gasteiger partial charge in [-0.3, -0.25) is 4.90 Å². The molecule has 4 heteroatoms. The molecule has 150 valence electrons. The Morgan fingerprint density at radius 1 is 0.963 bits per heavy atom. The molecule has 0 saturated carbocycles. The van der Waals surface area contributed by atoms with E-state index in [9.17, 15) is 0 Å². The smallest absolute Gasteiger partial charge is 0.164 e. The first-order chi connectivity index (χ1) is 13.3. The molecule has 1 saturated heterocycles. The third kappa shape index (κ3) is 5.73. The van der Waals surface area contributed by atoms with Crippen molar-refractivity contribution in [3.63, 3.8) is 0 Å². The number of benzene rings is 1. The van der Waals surface area contributed by atoms with Crippen molar-refractivity contribution in [2.45, 2.75) is 52.4 Å². The second-order valence-electron chi connectivity index (χ2n) is 7.56. The molecule has 1 aliphatic carbocycles. The minimum Gasteiger partial charge on any atom is -0.490 e. The topological polar surface area (TPSA) is 30.9 Å². The van der Waals surface area contributed by atoms with Crippen molar-refractivity contribution >= 4 is 6.08 Å². The first-order valence-electron chi connectivity index (χ1n) is 10.7. The number of rotatable bonds is 10. The summed E-state index contributed by atoms with van der Waals surface area (Å²) in [7, 11) is 0. The SMILES string of the molecule is CCCCOc1ccc2c(c1OCCCC)CCC(CN1CCOCC1)=C2. The van der Waals surface area contributed by atoms with Gasteiger partial charge in [0.15, 0.2) is 11.5 Å². The van der Waals surface area contributed by atoms with E-state index < -0.39 is 0 Å². The fraction of sp³-hybridized carbons (Fsp3) is 0.652. The number of nitrogens with zero attached hydrogens (tertiary/aromatic N) is 1. The Kier molecular flexibility index (Phi) is 8.03. The molecule has 0 amide bonds. The second-order valence-corrected chi connectivity index (χ2v) is 7.56. The molecule has 1 aromatic carbocycles. The Morgan fingerprint density at radius 2 is 1.70 bits per heavy atom. The van der Waals surface area contributed by atoms with Crippen LogP contribution in [0, 0.1) is 0 Å². The highest BCUT2D eigenvalue weighted by Crippen LogP contribution is 2.39. The Balaban J connectivity index is 1.75. The van der Waals surface area contributed by atoms with E-state index in [4.69, 9.17) is 14.2 Å². The minimum absolute atomic E-state index is 0.761. The molecule has 1 fully saturated rings. The van der Waals surface area contributed by atoms with Gasteiger partial charge in [-0.25, -0.2) is 0 Å². The fourth-order valence-electron chi connectivity index (χ4n) is 3.68. The van der Waals surface area contributed by atoms with E-state index in [1.807, 2.05) is 0 Å². The average molecular weight is 374 g/mol. The maximum Gasteiger partial charge on any atom is 0.164 e. The van der Waals surface area contributed by atoms with Gasteiger partial charge in [0.1, 0.15) is 0 Å². The highest BCUT2D eigenvalue weighted by molar-refractivity contribution is 5.66. The van der Waals surface area contributed by atoms with Gasteiger partial charge in [0.05, 0.1) is 26.4 Å².